The first-order valence-electron chi connectivity index (χ1n) is 10.5. The number of halogens is 4. The van der Waals surface area contributed by atoms with Crippen LogP contribution in [0, 0.1) is 5.92 Å². The second-order valence-corrected chi connectivity index (χ2v) is 8.83. The van der Waals surface area contributed by atoms with Crippen LogP contribution in [0.15, 0.2) is 36.4 Å². The molecule has 1 heterocycles. The maximum atomic E-state index is 12.5. The zero-order valence-electron chi connectivity index (χ0n) is 18.0. The second kappa shape index (κ2) is 9.61. The van der Waals surface area contributed by atoms with Crippen molar-refractivity contribution in [2.24, 2.45) is 5.92 Å². The standard InChI is InChI=1S/C24H26ClF3O4/c1-15(2)23(22(29)30)14-18-12-19(8-9-21(18)32-23)31-10-4-3-5-17-7-6-16(11-20(17)25)13-24(26,27)28/h6-9,11-12,15H,3-5,10,13-14H2,1-2H3,(H,29,30)/t23-/m1/s1. The Balaban J connectivity index is 1.48. The first-order chi connectivity index (χ1) is 15.0. The molecule has 0 aromatic heterocycles. The van der Waals surface area contributed by atoms with Crippen LogP contribution in [-0.4, -0.2) is 29.5 Å². The molecule has 8 heteroatoms. The Bertz CT molecular complexity index is 974. The van der Waals surface area contributed by atoms with E-state index in [4.69, 9.17) is 21.1 Å². The summed E-state index contributed by atoms with van der Waals surface area (Å²) in [5.74, 6) is 0.0475. The third-order valence-electron chi connectivity index (χ3n) is 5.70. The third-order valence-corrected chi connectivity index (χ3v) is 6.05. The molecule has 1 aliphatic rings. The van der Waals surface area contributed by atoms with Crippen molar-refractivity contribution >= 4 is 17.6 Å². The van der Waals surface area contributed by atoms with E-state index in [1.165, 1.54) is 12.1 Å². The van der Waals surface area contributed by atoms with Gasteiger partial charge in [-0.2, -0.15) is 13.2 Å². The number of hydrogen-bond donors (Lipinski definition) is 1. The molecule has 0 radical (unpaired) electrons. The van der Waals surface area contributed by atoms with E-state index >= 15 is 0 Å². The zero-order valence-corrected chi connectivity index (χ0v) is 18.7. The van der Waals surface area contributed by atoms with Crippen LogP contribution in [0.1, 0.15) is 43.4 Å². The Morgan fingerprint density at radius 2 is 1.97 bits per heavy atom. The molecule has 1 atom stereocenters. The van der Waals surface area contributed by atoms with Crippen LogP contribution in [0.2, 0.25) is 5.02 Å². The molecular formula is C24H26ClF3O4. The van der Waals surface area contributed by atoms with Crippen molar-refractivity contribution in [3.8, 4) is 11.5 Å². The number of aliphatic carboxylic acids is 1. The van der Waals surface area contributed by atoms with E-state index in [-0.39, 0.29) is 17.9 Å². The van der Waals surface area contributed by atoms with E-state index in [0.29, 0.717) is 29.5 Å². The number of rotatable bonds is 9. The van der Waals surface area contributed by atoms with Crippen LogP contribution in [0.4, 0.5) is 13.2 Å². The largest absolute Gasteiger partial charge is 0.494 e. The van der Waals surface area contributed by atoms with Crippen molar-refractivity contribution in [1.82, 2.24) is 0 Å². The predicted octanol–water partition coefficient (Wildman–Crippen LogP) is 6.26. The lowest BCUT2D eigenvalue weighted by Crippen LogP contribution is -2.48. The maximum absolute atomic E-state index is 12.5. The molecule has 0 saturated carbocycles. The molecule has 32 heavy (non-hydrogen) atoms. The van der Waals surface area contributed by atoms with Crippen molar-refractivity contribution in [2.45, 2.75) is 57.7 Å². The average molecular weight is 471 g/mol. The molecule has 0 spiro atoms. The molecule has 1 N–H and O–H groups in total. The van der Waals surface area contributed by atoms with Crippen LogP contribution in [0.3, 0.4) is 0 Å². The first-order valence-corrected chi connectivity index (χ1v) is 10.9. The minimum Gasteiger partial charge on any atom is -0.494 e. The smallest absolute Gasteiger partial charge is 0.393 e. The van der Waals surface area contributed by atoms with E-state index in [9.17, 15) is 23.1 Å². The van der Waals surface area contributed by atoms with Gasteiger partial charge in [0.25, 0.3) is 0 Å². The lowest BCUT2D eigenvalue weighted by molar-refractivity contribution is -0.157. The van der Waals surface area contributed by atoms with Crippen molar-refractivity contribution in [2.75, 3.05) is 6.61 Å². The second-order valence-electron chi connectivity index (χ2n) is 8.42. The van der Waals surface area contributed by atoms with Crippen LogP contribution >= 0.6 is 11.6 Å². The first kappa shape index (κ1) is 24.2. The highest BCUT2D eigenvalue weighted by atomic mass is 35.5. The summed E-state index contributed by atoms with van der Waals surface area (Å²) < 4.78 is 49.1. The number of unbranched alkanes of at least 4 members (excludes halogenated alkanes) is 1. The fraction of sp³-hybridized carbons (Fsp3) is 0.458. The van der Waals surface area contributed by atoms with Gasteiger partial charge in [0.15, 0.2) is 0 Å². The number of hydrogen-bond acceptors (Lipinski definition) is 3. The molecule has 2 aromatic carbocycles. The summed E-state index contributed by atoms with van der Waals surface area (Å²) in [6.45, 7) is 4.11. The van der Waals surface area contributed by atoms with Gasteiger partial charge in [-0.25, -0.2) is 4.79 Å². The molecule has 0 saturated heterocycles. The topological polar surface area (TPSA) is 55.8 Å². The summed E-state index contributed by atoms with van der Waals surface area (Å²) in [6.07, 6.45) is -2.81. The number of carbonyl (C=O) groups is 1. The number of aryl methyl sites for hydroxylation is 1. The Kier molecular flexibility index (Phi) is 7.28. The van der Waals surface area contributed by atoms with E-state index in [0.717, 1.165) is 24.0 Å². The zero-order chi connectivity index (χ0) is 23.5. The van der Waals surface area contributed by atoms with Gasteiger partial charge in [-0.05, 0) is 54.7 Å². The molecule has 0 aliphatic carbocycles. The van der Waals surface area contributed by atoms with Crippen LogP contribution in [0.5, 0.6) is 11.5 Å². The monoisotopic (exact) mass is 470 g/mol. The van der Waals surface area contributed by atoms with Gasteiger partial charge in [-0.15, -0.1) is 0 Å². The number of carboxylic acid groups (broad SMARTS) is 1. The SMILES string of the molecule is CC(C)[C@@]1(C(=O)O)Cc2cc(OCCCCc3ccc(CC(F)(F)F)cc3Cl)ccc2O1. The average Bonchev–Trinajstić information content (AvgIpc) is 3.08. The number of benzene rings is 2. The number of carboxylic acids is 1. The summed E-state index contributed by atoms with van der Waals surface area (Å²) in [5.41, 5.74) is 0.519. The van der Waals surface area contributed by atoms with Gasteiger partial charge in [-0.3, -0.25) is 0 Å². The third kappa shape index (κ3) is 5.68. The van der Waals surface area contributed by atoms with Gasteiger partial charge in [0.1, 0.15) is 11.5 Å². The quantitative estimate of drug-likeness (QED) is 0.439. The Labute approximate surface area is 190 Å². The van der Waals surface area contributed by atoms with Gasteiger partial charge in [0.05, 0.1) is 13.0 Å². The molecule has 1 aliphatic heterocycles. The van der Waals surface area contributed by atoms with Gasteiger partial charge >= 0.3 is 12.1 Å². The van der Waals surface area contributed by atoms with Gasteiger partial charge in [-0.1, -0.05) is 37.6 Å². The molecule has 2 aromatic rings. The molecule has 4 nitrogen and oxygen atoms in total. The normalized spacial score (nSPS) is 17.8. The minimum absolute atomic E-state index is 0.152. The minimum atomic E-state index is -4.25. The Hall–Kier alpha value is -2.41. The van der Waals surface area contributed by atoms with Gasteiger partial charge < -0.3 is 14.6 Å². The summed E-state index contributed by atoms with van der Waals surface area (Å²) in [6, 6.07) is 9.80. The van der Waals surface area contributed by atoms with Crippen molar-refractivity contribution < 1.29 is 32.5 Å². The highest BCUT2D eigenvalue weighted by Gasteiger charge is 2.49. The van der Waals surface area contributed by atoms with Crippen LogP contribution < -0.4 is 9.47 Å². The van der Waals surface area contributed by atoms with E-state index in [1.54, 1.807) is 18.2 Å². The molecular weight excluding hydrogens is 445 g/mol. The molecule has 0 unspecified atom stereocenters. The number of alkyl halides is 3. The fourth-order valence-electron chi connectivity index (χ4n) is 3.83. The lowest BCUT2D eigenvalue weighted by Gasteiger charge is -2.27. The molecule has 0 bridgehead atoms. The van der Waals surface area contributed by atoms with Gasteiger partial charge in [0, 0.05) is 22.9 Å². The van der Waals surface area contributed by atoms with Crippen LogP contribution in [-0.2, 0) is 24.1 Å². The summed E-state index contributed by atoms with van der Waals surface area (Å²) >= 11 is 6.14. The predicted molar refractivity (Wildman–Crippen MR) is 116 cm³/mol. The molecule has 174 valence electrons. The fourth-order valence-corrected chi connectivity index (χ4v) is 4.13. The summed E-state index contributed by atoms with van der Waals surface area (Å²) in [7, 11) is 0. The molecule has 0 fully saturated rings. The molecule has 0 amide bonds. The van der Waals surface area contributed by atoms with Crippen molar-refractivity contribution in [1.29, 1.82) is 0 Å². The maximum Gasteiger partial charge on any atom is 0.393 e. The highest BCUT2D eigenvalue weighted by Crippen LogP contribution is 2.41. The van der Waals surface area contributed by atoms with E-state index in [2.05, 4.69) is 0 Å². The number of ether oxygens (including phenoxy) is 2. The Morgan fingerprint density at radius 3 is 2.59 bits per heavy atom. The molecule has 3 rings (SSSR count). The lowest BCUT2D eigenvalue weighted by atomic mass is 9.86. The Morgan fingerprint density at radius 1 is 1.22 bits per heavy atom. The van der Waals surface area contributed by atoms with E-state index in [1.807, 2.05) is 19.9 Å². The van der Waals surface area contributed by atoms with Crippen molar-refractivity contribution in [3.05, 3.63) is 58.1 Å². The van der Waals surface area contributed by atoms with E-state index < -0.39 is 24.2 Å². The van der Waals surface area contributed by atoms with Crippen LogP contribution in [0.25, 0.3) is 0 Å². The van der Waals surface area contributed by atoms with Gasteiger partial charge in [0.2, 0.25) is 5.60 Å². The highest BCUT2D eigenvalue weighted by molar-refractivity contribution is 6.31. The van der Waals surface area contributed by atoms with Crippen molar-refractivity contribution in [3.63, 3.8) is 0 Å². The summed E-state index contributed by atoms with van der Waals surface area (Å²) in [5, 5.41) is 9.98. The number of fused-ring (bicyclic) bond motifs is 1. The summed E-state index contributed by atoms with van der Waals surface area (Å²) in [4.78, 5) is 11.8.